The van der Waals surface area contributed by atoms with Crippen molar-refractivity contribution in [2.75, 3.05) is 19.3 Å². The minimum atomic E-state index is -3.89. The first-order chi connectivity index (χ1) is 16.8. The lowest BCUT2D eigenvalue weighted by molar-refractivity contribution is 0.286. The van der Waals surface area contributed by atoms with Crippen molar-refractivity contribution in [2.24, 2.45) is 5.92 Å². The molecule has 0 amide bonds. The van der Waals surface area contributed by atoms with Gasteiger partial charge in [0, 0.05) is 6.54 Å². The standard InChI is InChI=1S/C29H46NO4P/c1-4-5-6-7-10-26(22-28-13-12-24(2)25(3)21-28)11-8-19-34-29-16-14-27(15-17-29)23-30-18-9-20-35(31,32)33/h12-17,21,26,30H,4-11,18-20,22-23H2,1-3H3,(H2,31,32,33). The number of aryl methyl sites for hydroxylation is 2. The monoisotopic (exact) mass is 503 g/mol. The molecule has 196 valence electrons. The minimum Gasteiger partial charge on any atom is -0.494 e. The summed E-state index contributed by atoms with van der Waals surface area (Å²) in [7, 11) is -3.89. The lowest BCUT2D eigenvalue weighted by Gasteiger charge is -2.18. The zero-order valence-electron chi connectivity index (χ0n) is 22.0. The van der Waals surface area contributed by atoms with Crippen LogP contribution in [0.25, 0.3) is 0 Å². The Labute approximate surface area is 212 Å². The van der Waals surface area contributed by atoms with E-state index in [0.717, 1.165) is 30.8 Å². The number of rotatable bonds is 18. The molecule has 0 bridgehead atoms. The highest BCUT2D eigenvalue weighted by molar-refractivity contribution is 7.51. The molecule has 0 aliphatic heterocycles. The molecule has 0 saturated heterocycles. The Morgan fingerprint density at radius 1 is 0.886 bits per heavy atom. The molecule has 2 aromatic rings. The molecule has 35 heavy (non-hydrogen) atoms. The summed E-state index contributed by atoms with van der Waals surface area (Å²) < 4.78 is 16.9. The highest BCUT2D eigenvalue weighted by Crippen LogP contribution is 2.34. The van der Waals surface area contributed by atoms with Crippen LogP contribution in [0.4, 0.5) is 0 Å². The summed E-state index contributed by atoms with van der Waals surface area (Å²) in [6.07, 6.45) is 10.4. The maximum atomic E-state index is 10.9. The van der Waals surface area contributed by atoms with Crippen LogP contribution in [0.1, 0.15) is 80.5 Å². The molecule has 6 heteroatoms. The van der Waals surface area contributed by atoms with Gasteiger partial charge in [-0.1, -0.05) is 69.4 Å². The van der Waals surface area contributed by atoms with Crippen LogP contribution in [0, 0.1) is 19.8 Å². The maximum Gasteiger partial charge on any atom is 0.325 e. The smallest absolute Gasteiger partial charge is 0.325 e. The largest absolute Gasteiger partial charge is 0.494 e. The Bertz CT molecular complexity index is 894. The predicted octanol–water partition coefficient (Wildman–Crippen LogP) is 6.95. The summed E-state index contributed by atoms with van der Waals surface area (Å²) >= 11 is 0. The second-order valence-electron chi connectivity index (χ2n) is 9.89. The van der Waals surface area contributed by atoms with Gasteiger partial charge in [0.05, 0.1) is 12.8 Å². The summed E-state index contributed by atoms with van der Waals surface area (Å²) in [6, 6.07) is 15.0. The number of unbranched alkanes of at least 4 members (excludes halogenated alkanes) is 3. The summed E-state index contributed by atoms with van der Waals surface area (Å²) in [6.45, 7) is 8.65. The van der Waals surface area contributed by atoms with Crippen LogP contribution >= 0.6 is 7.60 Å². The molecule has 0 saturated carbocycles. The van der Waals surface area contributed by atoms with Crippen molar-refractivity contribution in [1.82, 2.24) is 5.32 Å². The molecule has 1 unspecified atom stereocenters. The van der Waals surface area contributed by atoms with Gasteiger partial charge < -0.3 is 19.8 Å². The zero-order valence-corrected chi connectivity index (χ0v) is 22.9. The van der Waals surface area contributed by atoms with Gasteiger partial charge in [-0.15, -0.1) is 0 Å². The van der Waals surface area contributed by atoms with E-state index in [0.29, 0.717) is 25.4 Å². The van der Waals surface area contributed by atoms with Crippen LogP contribution in [0.3, 0.4) is 0 Å². The van der Waals surface area contributed by atoms with Crippen molar-refractivity contribution < 1.29 is 19.1 Å². The molecule has 0 aliphatic carbocycles. The molecule has 3 N–H and O–H groups in total. The van der Waals surface area contributed by atoms with Crippen LogP contribution < -0.4 is 10.1 Å². The minimum absolute atomic E-state index is 0.0724. The van der Waals surface area contributed by atoms with Crippen molar-refractivity contribution in [3.63, 3.8) is 0 Å². The molecular formula is C29H46NO4P. The SMILES string of the molecule is CCCCCCC(CCCOc1ccc(CNCCCP(=O)(O)O)cc1)Cc1ccc(C)c(C)c1. The Hall–Kier alpha value is -1.65. The van der Waals surface area contributed by atoms with Gasteiger partial charge in [0.2, 0.25) is 0 Å². The quantitative estimate of drug-likeness (QED) is 0.152. The van der Waals surface area contributed by atoms with Gasteiger partial charge in [0.25, 0.3) is 0 Å². The van der Waals surface area contributed by atoms with Crippen molar-refractivity contribution in [2.45, 2.75) is 85.1 Å². The first-order valence-electron chi connectivity index (χ1n) is 13.3. The number of nitrogens with one attached hydrogen (secondary N) is 1. The molecule has 5 nitrogen and oxygen atoms in total. The molecule has 0 heterocycles. The van der Waals surface area contributed by atoms with E-state index in [1.807, 2.05) is 24.3 Å². The van der Waals surface area contributed by atoms with Crippen molar-refractivity contribution in [3.05, 3.63) is 64.7 Å². The molecule has 0 fully saturated rings. The lowest BCUT2D eigenvalue weighted by Crippen LogP contribution is -2.15. The van der Waals surface area contributed by atoms with Gasteiger partial charge in [-0.2, -0.15) is 0 Å². The third-order valence-corrected chi connectivity index (χ3v) is 7.54. The Kier molecular flexibility index (Phi) is 13.7. The summed E-state index contributed by atoms with van der Waals surface area (Å²) in [5.74, 6) is 1.60. The van der Waals surface area contributed by atoms with Gasteiger partial charge in [0.1, 0.15) is 5.75 Å². The predicted molar refractivity (Wildman–Crippen MR) is 146 cm³/mol. The van der Waals surface area contributed by atoms with E-state index in [1.54, 1.807) is 0 Å². The topological polar surface area (TPSA) is 78.8 Å². The first-order valence-corrected chi connectivity index (χ1v) is 15.1. The van der Waals surface area contributed by atoms with Crippen LogP contribution in [-0.4, -0.2) is 29.1 Å². The number of hydrogen-bond donors (Lipinski definition) is 3. The van der Waals surface area contributed by atoms with Crippen LogP contribution in [0.15, 0.2) is 42.5 Å². The van der Waals surface area contributed by atoms with Crippen LogP contribution in [0.5, 0.6) is 5.75 Å². The molecule has 2 aromatic carbocycles. The van der Waals surface area contributed by atoms with Crippen molar-refractivity contribution in [3.8, 4) is 5.75 Å². The highest BCUT2D eigenvalue weighted by atomic mass is 31.2. The van der Waals surface area contributed by atoms with Crippen LogP contribution in [-0.2, 0) is 17.5 Å². The molecule has 0 spiro atoms. The third kappa shape index (κ3) is 13.3. The number of ether oxygens (including phenoxy) is 1. The van der Waals surface area contributed by atoms with Gasteiger partial charge in [-0.05, 0) is 86.4 Å². The molecule has 0 aromatic heterocycles. The van der Waals surface area contributed by atoms with Crippen LogP contribution in [0.2, 0.25) is 0 Å². The lowest BCUT2D eigenvalue weighted by atomic mass is 9.89. The van der Waals surface area contributed by atoms with E-state index in [4.69, 9.17) is 14.5 Å². The van der Waals surface area contributed by atoms with Crippen molar-refractivity contribution >= 4 is 7.60 Å². The highest BCUT2D eigenvalue weighted by Gasteiger charge is 2.12. The number of hydrogen-bond acceptors (Lipinski definition) is 3. The second-order valence-corrected chi connectivity index (χ2v) is 11.7. The molecule has 2 rings (SSSR count). The Morgan fingerprint density at radius 2 is 1.60 bits per heavy atom. The molecule has 0 aliphatic rings. The van der Waals surface area contributed by atoms with E-state index in [9.17, 15) is 4.57 Å². The summed E-state index contributed by atoms with van der Waals surface area (Å²) in [5.41, 5.74) is 5.34. The fourth-order valence-electron chi connectivity index (χ4n) is 4.38. The third-order valence-electron chi connectivity index (χ3n) is 6.64. The van der Waals surface area contributed by atoms with E-state index < -0.39 is 7.60 Å². The average molecular weight is 504 g/mol. The Morgan fingerprint density at radius 3 is 2.29 bits per heavy atom. The summed E-state index contributed by atoms with van der Waals surface area (Å²) in [5, 5.41) is 3.23. The fraction of sp³-hybridized carbons (Fsp3) is 0.586. The fourth-order valence-corrected chi connectivity index (χ4v) is 4.95. The second kappa shape index (κ2) is 16.2. The van der Waals surface area contributed by atoms with E-state index in [1.165, 1.54) is 55.2 Å². The molecular weight excluding hydrogens is 457 g/mol. The van der Waals surface area contributed by atoms with E-state index >= 15 is 0 Å². The van der Waals surface area contributed by atoms with Gasteiger partial charge in [-0.3, -0.25) is 4.57 Å². The van der Waals surface area contributed by atoms with Crippen molar-refractivity contribution in [1.29, 1.82) is 0 Å². The van der Waals surface area contributed by atoms with Gasteiger partial charge in [0.15, 0.2) is 0 Å². The van der Waals surface area contributed by atoms with E-state index in [-0.39, 0.29) is 6.16 Å². The first kappa shape index (κ1) is 29.6. The maximum absolute atomic E-state index is 10.9. The van der Waals surface area contributed by atoms with Gasteiger partial charge >= 0.3 is 7.60 Å². The molecule has 1 atom stereocenters. The number of benzene rings is 2. The normalized spacial score (nSPS) is 12.6. The Balaban J connectivity index is 1.72. The average Bonchev–Trinajstić information content (AvgIpc) is 2.81. The van der Waals surface area contributed by atoms with Gasteiger partial charge in [-0.25, -0.2) is 0 Å². The summed E-state index contributed by atoms with van der Waals surface area (Å²) in [4.78, 5) is 17.8. The zero-order chi connectivity index (χ0) is 25.5. The molecule has 0 radical (unpaired) electrons. The van der Waals surface area contributed by atoms with E-state index in [2.05, 4.69) is 44.3 Å².